The zero-order chi connectivity index (χ0) is 19.7. The number of carbonyl (C=O) groups is 1. The summed E-state index contributed by atoms with van der Waals surface area (Å²) in [6.45, 7) is 0.660. The summed E-state index contributed by atoms with van der Waals surface area (Å²) < 4.78 is 34.2. The first-order valence-electron chi connectivity index (χ1n) is 9.61. The second-order valence-electron chi connectivity index (χ2n) is 7.28. The normalized spacial score (nSPS) is 16.8. The smallest absolute Gasteiger partial charge is 0.265 e. The number of benzene rings is 2. The Morgan fingerprint density at radius 3 is 2.43 bits per heavy atom. The molecule has 1 aliphatic heterocycles. The third kappa shape index (κ3) is 3.58. The Morgan fingerprint density at radius 1 is 1.00 bits per heavy atom. The van der Waals surface area contributed by atoms with Gasteiger partial charge in [-0.1, -0.05) is 6.07 Å². The molecular weight excluding hydrogens is 376 g/mol. The van der Waals surface area contributed by atoms with E-state index in [2.05, 4.69) is 4.72 Å². The molecule has 4 rings (SSSR count). The molecule has 1 amide bonds. The van der Waals surface area contributed by atoms with Crippen molar-refractivity contribution in [3.05, 3.63) is 47.5 Å². The van der Waals surface area contributed by atoms with Crippen LogP contribution in [0.3, 0.4) is 0 Å². The molecule has 2 aromatic carbocycles. The molecule has 1 heterocycles. The Balaban J connectivity index is 1.65. The predicted molar refractivity (Wildman–Crippen MR) is 108 cm³/mol. The van der Waals surface area contributed by atoms with Crippen molar-refractivity contribution in [2.75, 3.05) is 23.3 Å². The fraction of sp³-hybridized carbons (Fsp3) is 0.381. The first kappa shape index (κ1) is 18.8. The molecule has 0 unspecified atom stereocenters. The van der Waals surface area contributed by atoms with Gasteiger partial charge in [-0.25, -0.2) is 8.42 Å². The maximum Gasteiger partial charge on any atom is 0.265 e. The molecule has 0 bridgehead atoms. The molecule has 0 spiro atoms. The number of ether oxygens (including phenoxy) is 1. The molecule has 1 fully saturated rings. The summed E-state index contributed by atoms with van der Waals surface area (Å²) in [4.78, 5) is 13.8. The van der Waals surface area contributed by atoms with Gasteiger partial charge >= 0.3 is 0 Å². The Kier molecular flexibility index (Phi) is 5.02. The average Bonchev–Trinajstić information content (AvgIpc) is 3.12. The van der Waals surface area contributed by atoms with Crippen molar-refractivity contribution in [2.24, 2.45) is 0 Å². The molecule has 0 radical (unpaired) electrons. The van der Waals surface area contributed by atoms with Crippen LogP contribution in [0, 0.1) is 0 Å². The highest BCUT2D eigenvalue weighted by Crippen LogP contribution is 2.33. The molecule has 0 saturated carbocycles. The molecule has 1 N–H and O–H groups in total. The van der Waals surface area contributed by atoms with Gasteiger partial charge < -0.3 is 9.64 Å². The van der Waals surface area contributed by atoms with E-state index in [1.807, 2.05) is 12.1 Å². The van der Waals surface area contributed by atoms with Crippen molar-refractivity contribution in [3.63, 3.8) is 0 Å². The van der Waals surface area contributed by atoms with E-state index >= 15 is 0 Å². The number of rotatable bonds is 5. The van der Waals surface area contributed by atoms with Crippen LogP contribution < -0.4 is 14.4 Å². The summed E-state index contributed by atoms with van der Waals surface area (Å²) in [5, 5.41) is 0. The predicted octanol–water partition coefficient (Wildman–Crippen LogP) is 3.50. The topological polar surface area (TPSA) is 75.7 Å². The van der Waals surface area contributed by atoms with Gasteiger partial charge in [0.05, 0.1) is 12.8 Å². The van der Waals surface area contributed by atoms with Gasteiger partial charge in [0, 0.05) is 18.7 Å². The minimum atomic E-state index is -3.82. The first-order chi connectivity index (χ1) is 13.5. The highest BCUT2D eigenvalue weighted by Gasteiger charge is 2.25. The summed E-state index contributed by atoms with van der Waals surface area (Å²) >= 11 is 0. The number of carbonyl (C=O) groups excluding carboxylic acids is 1. The molecule has 6 nitrogen and oxygen atoms in total. The minimum absolute atomic E-state index is 0.0661. The second kappa shape index (κ2) is 7.47. The van der Waals surface area contributed by atoms with E-state index in [0.717, 1.165) is 43.2 Å². The molecule has 2 aromatic rings. The number of fused-ring (bicyclic) bond motifs is 1. The van der Waals surface area contributed by atoms with Crippen LogP contribution in [0.15, 0.2) is 41.3 Å². The van der Waals surface area contributed by atoms with Crippen LogP contribution in [0.4, 0.5) is 11.4 Å². The van der Waals surface area contributed by atoms with E-state index in [1.54, 1.807) is 29.2 Å². The van der Waals surface area contributed by atoms with E-state index in [-0.39, 0.29) is 10.8 Å². The van der Waals surface area contributed by atoms with Crippen LogP contribution in [-0.4, -0.2) is 28.0 Å². The largest absolute Gasteiger partial charge is 0.495 e. The van der Waals surface area contributed by atoms with Gasteiger partial charge in [0.25, 0.3) is 10.0 Å². The number of aryl methyl sites for hydroxylation is 2. The summed E-state index contributed by atoms with van der Waals surface area (Å²) in [6, 6.07) is 10.5. The number of methoxy groups -OCH3 is 1. The Morgan fingerprint density at radius 2 is 1.75 bits per heavy atom. The van der Waals surface area contributed by atoms with E-state index < -0.39 is 10.0 Å². The maximum atomic E-state index is 13.1. The van der Waals surface area contributed by atoms with Gasteiger partial charge in [-0.3, -0.25) is 9.52 Å². The highest BCUT2D eigenvalue weighted by atomic mass is 32.2. The lowest BCUT2D eigenvalue weighted by atomic mass is 9.92. The van der Waals surface area contributed by atoms with Gasteiger partial charge in [0.2, 0.25) is 5.91 Å². The van der Waals surface area contributed by atoms with Crippen molar-refractivity contribution in [2.45, 2.75) is 43.4 Å². The van der Waals surface area contributed by atoms with E-state index in [0.29, 0.717) is 30.1 Å². The van der Waals surface area contributed by atoms with Crippen LogP contribution in [-0.2, 0) is 27.7 Å². The number of sulfonamides is 1. The second-order valence-corrected chi connectivity index (χ2v) is 8.93. The molecule has 148 valence electrons. The fourth-order valence-corrected chi connectivity index (χ4v) is 5.23. The van der Waals surface area contributed by atoms with Crippen LogP contribution in [0.1, 0.15) is 36.8 Å². The monoisotopic (exact) mass is 400 g/mol. The molecule has 2 aliphatic rings. The van der Waals surface area contributed by atoms with Crippen LogP contribution >= 0.6 is 0 Å². The van der Waals surface area contributed by atoms with Crippen molar-refractivity contribution in [1.82, 2.24) is 0 Å². The number of amides is 1. The molecule has 0 atom stereocenters. The van der Waals surface area contributed by atoms with E-state index in [1.165, 1.54) is 7.11 Å². The minimum Gasteiger partial charge on any atom is -0.495 e. The fourth-order valence-electron chi connectivity index (χ4n) is 3.98. The zero-order valence-corrected chi connectivity index (χ0v) is 16.7. The number of nitrogens with one attached hydrogen (secondary N) is 1. The molecular formula is C21H24N2O4S. The SMILES string of the molecule is COc1cc2c(cc1S(=O)(=O)Nc1cccc(N3CCCC3=O)c1)CCCC2. The van der Waals surface area contributed by atoms with Crippen molar-refractivity contribution >= 4 is 27.3 Å². The van der Waals surface area contributed by atoms with Crippen molar-refractivity contribution in [1.29, 1.82) is 0 Å². The van der Waals surface area contributed by atoms with Crippen LogP contribution in [0.25, 0.3) is 0 Å². The summed E-state index contributed by atoms with van der Waals surface area (Å²) in [6.07, 6.45) is 5.36. The Labute approximate surface area is 165 Å². The van der Waals surface area contributed by atoms with Gasteiger partial charge in [-0.2, -0.15) is 0 Å². The van der Waals surface area contributed by atoms with E-state index in [9.17, 15) is 13.2 Å². The number of hydrogen-bond donors (Lipinski definition) is 1. The highest BCUT2D eigenvalue weighted by molar-refractivity contribution is 7.92. The summed E-state index contributed by atoms with van der Waals surface area (Å²) in [7, 11) is -2.33. The van der Waals surface area contributed by atoms with Gasteiger partial charge in [0.15, 0.2) is 0 Å². The molecule has 28 heavy (non-hydrogen) atoms. The van der Waals surface area contributed by atoms with Gasteiger partial charge in [-0.05, 0) is 73.6 Å². The number of anilines is 2. The van der Waals surface area contributed by atoms with Gasteiger partial charge in [0.1, 0.15) is 10.6 Å². The standard InChI is InChI=1S/C21H24N2O4S/c1-27-19-12-15-6-2-3-7-16(15)13-20(19)28(25,26)22-17-8-4-9-18(14-17)23-11-5-10-21(23)24/h4,8-9,12-14,22H,2-3,5-7,10-11H2,1H3. The lowest BCUT2D eigenvalue weighted by Crippen LogP contribution is -2.23. The van der Waals surface area contributed by atoms with Crippen LogP contribution in [0.2, 0.25) is 0 Å². The summed E-state index contributed by atoms with van der Waals surface area (Å²) in [5.41, 5.74) is 3.37. The van der Waals surface area contributed by atoms with Crippen molar-refractivity contribution in [3.8, 4) is 5.75 Å². The van der Waals surface area contributed by atoms with E-state index in [4.69, 9.17) is 4.74 Å². The third-order valence-electron chi connectivity index (χ3n) is 5.40. The third-order valence-corrected chi connectivity index (χ3v) is 6.80. The lowest BCUT2D eigenvalue weighted by Gasteiger charge is -2.20. The molecule has 1 aliphatic carbocycles. The first-order valence-corrected chi connectivity index (χ1v) is 11.1. The molecule has 1 saturated heterocycles. The van der Waals surface area contributed by atoms with Crippen molar-refractivity contribution < 1.29 is 17.9 Å². The Bertz CT molecular complexity index is 1020. The average molecular weight is 401 g/mol. The number of nitrogens with zero attached hydrogens (tertiary/aromatic N) is 1. The quantitative estimate of drug-likeness (QED) is 0.833. The van der Waals surface area contributed by atoms with Crippen LogP contribution in [0.5, 0.6) is 5.75 Å². The van der Waals surface area contributed by atoms with Gasteiger partial charge in [-0.15, -0.1) is 0 Å². The summed E-state index contributed by atoms with van der Waals surface area (Å²) in [5.74, 6) is 0.426. The lowest BCUT2D eigenvalue weighted by molar-refractivity contribution is -0.117. The number of hydrogen-bond acceptors (Lipinski definition) is 4. The maximum absolute atomic E-state index is 13.1. The zero-order valence-electron chi connectivity index (χ0n) is 15.9. The molecule has 7 heteroatoms. The Hall–Kier alpha value is -2.54. The molecule has 0 aromatic heterocycles.